The summed E-state index contributed by atoms with van der Waals surface area (Å²) in [5.41, 5.74) is 15.4. The number of unbranched alkanes of at least 4 members (excludes halogenated alkanes) is 1. The molecule has 3 heteroatoms. The molecule has 0 heterocycles. The van der Waals surface area contributed by atoms with E-state index in [9.17, 15) is 0 Å². The maximum Gasteiger partial charge on any atom is 0.0295 e. The Bertz CT molecular complexity index is 499. The lowest BCUT2D eigenvalue weighted by atomic mass is 9.97. The minimum atomic E-state index is 0. The fourth-order valence-corrected chi connectivity index (χ4v) is 2.25. The van der Waals surface area contributed by atoms with Crippen molar-refractivity contribution in [2.24, 2.45) is 11.5 Å². The summed E-state index contributed by atoms with van der Waals surface area (Å²) in [4.78, 5) is 0. The molecule has 0 spiro atoms. The van der Waals surface area contributed by atoms with Crippen LogP contribution in [0, 0.1) is 0 Å². The zero-order valence-electron chi connectivity index (χ0n) is 11.7. The van der Waals surface area contributed by atoms with Gasteiger partial charge in [-0.3, -0.25) is 0 Å². The van der Waals surface area contributed by atoms with Gasteiger partial charge in [0.2, 0.25) is 0 Å². The molecule has 0 fully saturated rings. The van der Waals surface area contributed by atoms with E-state index in [1.165, 1.54) is 16.7 Å². The fourth-order valence-electron chi connectivity index (χ4n) is 2.25. The largest absolute Gasteiger partial charge is 0.330 e. The standard InChI is InChI=1S/C17H22N2.ClH/c18-12-5-4-11-17(19)16-10-6-9-15(13-16)14-7-2-1-3-8-14;/h1-3,6-10,13,17H,4-5,11-12,18-19H2;1H/t17-;/m1./s1. The molecule has 0 bridgehead atoms. The van der Waals surface area contributed by atoms with Gasteiger partial charge in [0.1, 0.15) is 0 Å². The zero-order chi connectivity index (χ0) is 13.5. The molecule has 20 heavy (non-hydrogen) atoms. The van der Waals surface area contributed by atoms with Crippen molar-refractivity contribution < 1.29 is 0 Å². The molecular formula is C17H23ClN2. The van der Waals surface area contributed by atoms with Gasteiger partial charge in [-0.1, -0.05) is 55.0 Å². The first-order valence-electron chi connectivity index (χ1n) is 6.92. The van der Waals surface area contributed by atoms with Crippen molar-refractivity contribution in [2.75, 3.05) is 6.54 Å². The summed E-state index contributed by atoms with van der Waals surface area (Å²) < 4.78 is 0. The highest BCUT2D eigenvalue weighted by Crippen LogP contribution is 2.24. The minimum absolute atomic E-state index is 0. The van der Waals surface area contributed by atoms with Crippen molar-refractivity contribution in [3.05, 3.63) is 60.2 Å². The van der Waals surface area contributed by atoms with Gasteiger partial charge in [-0.05, 0) is 42.1 Å². The average Bonchev–Trinajstić information content (AvgIpc) is 2.48. The molecule has 2 nitrogen and oxygen atoms in total. The summed E-state index contributed by atoms with van der Waals surface area (Å²) in [5, 5.41) is 0. The van der Waals surface area contributed by atoms with Gasteiger partial charge in [-0.25, -0.2) is 0 Å². The Morgan fingerprint density at radius 3 is 2.25 bits per heavy atom. The maximum absolute atomic E-state index is 6.24. The van der Waals surface area contributed by atoms with Crippen LogP contribution >= 0.6 is 12.4 Å². The summed E-state index contributed by atoms with van der Waals surface area (Å²) in [5.74, 6) is 0. The lowest BCUT2D eigenvalue weighted by Gasteiger charge is -2.13. The van der Waals surface area contributed by atoms with Gasteiger partial charge in [0.15, 0.2) is 0 Å². The summed E-state index contributed by atoms with van der Waals surface area (Å²) >= 11 is 0. The molecule has 0 saturated heterocycles. The fraction of sp³-hybridized carbons (Fsp3) is 0.294. The van der Waals surface area contributed by atoms with E-state index in [4.69, 9.17) is 11.5 Å². The van der Waals surface area contributed by atoms with Crippen LogP contribution in [-0.2, 0) is 0 Å². The van der Waals surface area contributed by atoms with Crippen molar-refractivity contribution in [1.29, 1.82) is 0 Å². The first-order chi connectivity index (χ1) is 9.31. The normalized spacial score (nSPS) is 11.7. The van der Waals surface area contributed by atoms with Gasteiger partial charge in [0, 0.05) is 6.04 Å². The Hall–Kier alpha value is -1.35. The van der Waals surface area contributed by atoms with Crippen LogP contribution in [0.1, 0.15) is 30.9 Å². The van der Waals surface area contributed by atoms with Crippen LogP contribution in [0.5, 0.6) is 0 Å². The molecule has 2 rings (SSSR count). The molecule has 0 aliphatic heterocycles. The van der Waals surface area contributed by atoms with Crippen LogP contribution in [-0.4, -0.2) is 6.54 Å². The van der Waals surface area contributed by atoms with Gasteiger partial charge in [-0.2, -0.15) is 0 Å². The molecule has 2 aromatic carbocycles. The van der Waals surface area contributed by atoms with Gasteiger partial charge in [-0.15, -0.1) is 12.4 Å². The van der Waals surface area contributed by atoms with E-state index in [1.54, 1.807) is 0 Å². The monoisotopic (exact) mass is 290 g/mol. The number of nitrogens with two attached hydrogens (primary N) is 2. The third-order valence-electron chi connectivity index (χ3n) is 3.39. The number of halogens is 1. The van der Waals surface area contributed by atoms with Gasteiger partial charge in [0.05, 0.1) is 0 Å². The van der Waals surface area contributed by atoms with Crippen molar-refractivity contribution in [3.63, 3.8) is 0 Å². The van der Waals surface area contributed by atoms with Crippen molar-refractivity contribution >= 4 is 12.4 Å². The van der Waals surface area contributed by atoms with E-state index in [1.807, 2.05) is 6.07 Å². The highest BCUT2D eigenvalue weighted by molar-refractivity contribution is 5.85. The van der Waals surface area contributed by atoms with Crippen molar-refractivity contribution in [1.82, 2.24) is 0 Å². The number of rotatable bonds is 6. The molecule has 2 aromatic rings. The predicted molar refractivity (Wildman–Crippen MR) is 89.0 cm³/mol. The van der Waals surface area contributed by atoms with E-state index in [0.717, 1.165) is 25.8 Å². The molecule has 1 atom stereocenters. The smallest absolute Gasteiger partial charge is 0.0295 e. The predicted octanol–water partition coefficient (Wildman–Crippen LogP) is 3.90. The maximum atomic E-state index is 6.24. The summed E-state index contributed by atoms with van der Waals surface area (Å²) in [7, 11) is 0. The third kappa shape index (κ3) is 4.64. The Kier molecular flexibility index (Phi) is 7.31. The Labute approximate surface area is 127 Å². The average molecular weight is 291 g/mol. The van der Waals surface area contributed by atoms with Crippen LogP contribution in [0.2, 0.25) is 0 Å². The van der Waals surface area contributed by atoms with E-state index < -0.39 is 0 Å². The van der Waals surface area contributed by atoms with Crippen molar-refractivity contribution in [2.45, 2.75) is 25.3 Å². The zero-order valence-corrected chi connectivity index (χ0v) is 12.5. The van der Waals surface area contributed by atoms with Gasteiger partial charge in [0.25, 0.3) is 0 Å². The Morgan fingerprint density at radius 2 is 1.55 bits per heavy atom. The second-order valence-corrected chi connectivity index (χ2v) is 4.88. The van der Waals surface area contributed by atoms with Gasteiger partial charge >= 0.3 is 0 Å². The third-order valence-corrected chi connectivity index (χ3v) is 3.39. The number of benzene rings is 2. The molecule has 0 saturated carbocycles. The Balaban J connectivity index is 0.00000200. The minimum Gasteiger partial charge on any atom is -0.330 e. The highest BCUT2D eigenvalue weighted by atomic mass is 35.5. The van der Waals surface area contributed by atoms with Crippen molar-refractivity contribution in [3.8, 4) is 11.1 Å². The lowest BCUT2D eigenvalue weighted by molar-refractivity contribution is 0.591. The summed E-state index contributed by atoms with van der Waals surface area (Å²) in [6.45, 7) is 0.747. The van der Waals surface area contributed by atoms with E-state index in [-0.39, 0.29) is 18.4 Å². The summed E-state index contributed by atoms with van der Waals surface area (Å²) in [6.07, 6.45) is 3.13. The van der Waals surface area contributed by atoms with Crippen LogP contribution < -0.4 is 11.5 Å². The quantitative estimate of drug-likeness (QED) is 0.793. The number of hydrogen-bond acceptors (Lipinski definition) is 2. The van der Waals surface area contributed by atoms with E-state index in [0.29, 0.717) is 0 Å². The topological polar surface area (TPSA) is 52.0 Å². The van der Waals surface area contributed by atoms with Crippen LogP contribution in [0.15, 0.2) is 54.6 Å². The molecule has 0 aliphatic carbocycles. The first-order valence-corrected chi connectivity index (χ1v) is 6.92. The molecule has 0 radical (unpaired) electrons. The second kappa shape index (κ2) is 8.75. The molecule has 0 aromatic heterocycles. The summed E-state index contributed by atoms with van der Waals surface area (Å²) in [6, 6.07) is 19.0. The van der Waals surface area contributed by atoms with E-state index >= 15 is 0 Å². The highest BCUT2D eigenvalue weighted by Gasteiger charge is 2.06. The van der Waals surface area contributed by atoms with Gasteiger partial charge < -0.3 is 11.5 Å². The van der Waals surface area contributed by atoms with Crippen LogP contribution in [0.4, 0.5) is 0 Å². The molecule has 4 N–H and O–H groups in total. The second-order valence-electron chi connectivity index (χ2n) is 4.88. The lowest BCUT2D eigenvalue weighted by Crippen LogP contribution is -2.11. The molecular weight excluding hydrogens is 268 g/mol. The number of hydrogen-bond donors (Lipinski definition) is 2. The molecule has 0 aliphatic rings. The van der Waals surface area contributed by atoms with Crippen LogP contribution in [0.25, 0.3) is 11.1 Å². The first kappa shape index (κ1) is 16.7. The molecule has 0 amide bonds. The molecule has 108 valence electrons. The van der Waals surface area contributed by atoms with Crippen LogP contribution in [0.3, 0.4) is 0 Å². The SMILES string of the molecule is Cl.NCCCC[C@@H](N)c1cccc(-c2ccccc2)c1. The van der Waals surface area contributed by atoms with E-state index in [2.05, 4.69) is 48.5 Å². The Morgan fingerprint density at radius 1 is 0.850 bits per heavy atom. The molecule has 0 unspecified atom stereocenters.